The van der Waals surface area contributed by atoms with Gasteiger partial charge in [0.05, 0.1) is 17.9 Å². The molecule has 0 atom stereocenters. The summed E-state index contributed by atoms with van der Waals surface area (Å²) in [6, 6.07) is 0. The van der Waals surface area contributed by atoms with Gasteiger partial charge in [-0.3, -0.25) is 4.79 Å². The summed E-state index contributed by atoms with van der Waals surface area (Å²) in [5.74, 6) is -1.12. The van der Waals surface area contributed by atoms with Gasteiger partial charge in [-0.1, -0.05) is 0 Å². The van der Waals surface area contributed by atoms with Crippen molar-refractivity contribution in [2.45, 2.75) is 66.6 Å². The largest absolute Gasteiger partial charge is 0.512 e. The minimum atomic E-state index is -0.516. The van der Waals surface area contributed by atoms with Crippen LogP contribution in [-0.2, 0) is 36.1 Å². The second-order valence-corrected chi connectivity index (χ2v) is 6.63. The first-order chi connectivity index (χ1) is 9.62. The minimum Gasteiger partial charge on any atom is -0.512 e. The molecule has 0 aliphatic heterocycles. The quantitative estimate of drug-likeness (QED) is 0.337. The molecule has 0 unspecified atom stereocenters. The number of hydrogen-bond donors (Lipinski definition) is 2. The Morgan fingerprint density at radius 2 is 1.22 bits per heavy atom. The molecule has 7 heteroatoms. The third-order valence-electron chi connectivity index (χ3n) is 1.47. The van der Waals surface area contributed by atoms with E-state index in [4.69, 9.17) is 19.7 Å². The maximum absolute atomic E-state index is 10.8. The van der Waals surface area contributed by atoms with Crippen molar-refractivity contribution < 1.29 is 46.3 Å². The van der Waals surface area contributed by atoms with E-state index in [1.165, 1.54) is 13.8 Å². The Labute approximate surface area is 149 Å². The molecule has 0 fully saturated rings. The first kappa shape index (κ1) is 26.4. The van der Waals surface area contributed by atoms with E-state index in [-0.39, 0.29) is 34.6 Å². The summed E-state index contributed by atoms with van der Waals surface area (Å²) in [5, 5.41) is 17.7. The van der Waals surface area contributed by atoms with Crippen LogP contribution >= 0.6 is 0 Å². The first-order valence-electron chi connectivity index (χ1n) is 6.83. The molecule has 0 saturated carbocycles. The van der Waals surface area contributed by atoms with Gasteiger partial charge in [0.15, 0.2) is 5.78 Å². The van der Waals surface area contributed by atoms with E-state index in [2.05, 4.69) is 0 Å². The Morgan fingerprint density at radius 3 is 1.48 bits per heavy atom. The number of rotatable bonds is 3. The molecule has 2 N–H and O–H groups in total. The van der Waals surface area contributed by atoms with Crippen LogP contribution in [0.2, 0.25) is 0 Å². The summed E-state index contributed by atoms with van der Waals surface area (Å²) in [6.07, 6.45) is 2.09. The molecule has 0 aromatic heterocycles. The fourth-order valence-electron chi connectivity index (χ4n) is 1.02. The molecule has 0 saturated heterocycles. The normalized spacial score (nSPS) is 12.3. The summed E-state index contributed by atoms with van der Waals surface area (Å²) in [7, 11) is 0. The van der Waals surface area contributed by atoms with Gasteiger partial charge in [-0.25, -0.2) is 4.79 Å². The Balaban J connectivity index is -0.000000333. The molecule has 6 nitrogen and oxygen atoms in total. The predicted octanol–water partition coefficient (Wildman–Crippen LogP) is 3.58. The topological polar surface area (TPSA) is 93.1 Å². The number of ether oxygens (including phenoxy) is 2. The number of aliphatic hydroxyl groups is 2. The maximum Gasteiger partial charge on any atom is 0.334 e. The Morgan fingerprint density at radius 1 is 0.826 bits per heavy atom. The Bertz CT molecular complexity index is 434. The first-order valence-corrected chi connectivity index (χ1v) is 6.83. The van der Waals surface area contributed by atoms with Crippen LogP contribution < -0.4 is 0 Å². The van der Waals surface area contributed by atoms with Gasteiger partial charge in [-0.05, 0) is 55.4 Å². The van der Waals surface area contributed by atoms with Gasteiger partial charge < -0.3 is 19.7 Å². The molecule has 1 radical (unpaired) electrons. The van der Waals surface area contributed by atoms with Crippen molar-refractivity contribution in [2.75, 3.05) is 0 Å². The van der Waals surface area contributed by atoms with E-state index in [1.807, 2.05) is 0 Å². The van der Waals surface area contributed by atoms with Gasteiger partial charge in [0, 0.05) is 17.1 Å². The second-order valence-electron chi connectivity index (χ2n) is 6.63. The van der Waals surface area contributed by atoms with E-state index in [1.54, 1.807) is 41.5 Å². The van der Waals surface area contributed by atoms with E-state index in [0.717, 1.165) is 12.2 Å². The van der Waals surface area contributed by atoms with Crippen LogP contribution in [0.5, 0.6) is 0 Å². The second kappa shape index (κ2) is 11.1. The SMILES string of the molecule is C/C(O)=C/C(=O)OC(C)(C)C.CC(=O)/C=C(\O)OC(C)(C)C.[Cu]. The van der Waals surface area contributed by atoms with Crippen molar-refractivity contribution in [3.8, 4) is 0 Å². The van der Waals surface area contributed by atoms with Gasteiger partial charge in [-0.15, -0.1) is 0 Å². The summed E-state index contributed by atoms with van der Waals surface area (Å²) in [4.78, 5) is 21.2. The van der Waals surface area contributed by atoms with Crippen molar-refractivity contribution in [3.63, 3.8) is 0 Å². The van der Waals surface area contributed by atoms with Crippen LogP contribution in [0, 0.1) is 0 Å². The molecule has 0 amide bonds. The fourth-order valence-corrected chi connectivity index (χ4v) is 1.02. The third-order valence-corrected chi connectivity index (χ3v) is 1.47. The van der Waals surface area contributed by atoms with E-state index in [9.17, 15) is 9.59 Å². The van der Waals surface area contributed by atoms with Crippen LogP contribution in [0.15, 0.2) is 23.9 Å². The number of ketones is 1. The van der Waals surface area contributed by atoms with Crippen LogP contribution in [0.25, 0.3) is 0 Å². The van der Waals surface area contributed by atoms with Gasteiger partial charge in [0.1, 0.15) is 11.2 Å². The van der Waals surface area contributed by atoms with E-state index in [0.29, 0.717) is 0 Å². The van der Waals surface area contributed by atoms with Crippen LogP contribution in [0.3, 0.4) is 0 Å². The standard InChI is InChI=1S/2C8H14O3.Cu/c2*1-6(9)5-7(10)11-8(2,3)4;/h5,10H,1-4H3;5,9H,1-4H3;/b7-5+;6-5-;. The Hall–Kier alpha value is -1.46. The molecule has 0 spiro atoms. The van der Waals surface area contributed by atoms with Gasteiger partial charge in [0.2, 0.25) is 0 Å². The molecule has 0 heterocycles. The number of allylic oxidation sites excluding steroid dienone is 2. The third kappa shape index (κ3) is 25.8. The molecule has 0 rings (SSSR count). The monoisotopic (exact) mass is 379 g/mol. The van der Waals surface area contributed by atoms with Gasteiger partial charge in [-0.2, -0.15) is 0 Å². The van der Waals surface area contributed by atoms with Crippen LogP contribution in [-0.4, -0.2) is 33.2 Å². The van der Waals surface area contributed by atoms with Crippen molar-refractivity contribution in [1.29, 1.82) is 0 Å². The van der Waals surface area contributed by atoms with E-state index < -0.39 is 17.2 Å². The molecule has 0 aromatic carbocycles. The summed E-state index contributed by atoms with van der Waals surface area (Å²) in [6.45, 7) is 13.4. The van der Waals surface area contributed by atoms with Crippen molar-refractivity contribution in [2.24, 2.45) is 0 Å². The van der Waals surface area contributed by atoms with Crippen LogP contribution in [0.4, 0.5) is 0 Å². The molecular formula is C16H28CuO6. The van der Waals surface area contributed by atoms with E-state index >= 15 is 0 Å². The molecule has 23 heavy (non-hydrogen) atoms. The molecular weight excluding hydrogens is 352 g/mol. The van der Waals surface area contributed by atoms with Crippen LogP contribution in [0.1, 0.15) is 55.4 Å². The average molecular weight is 380 g/mol. The smallest absolute Gasteiger partial charge is 0.334 e. The zero-order valence-electron chi connectivity index (χ0n) is 15.0. The molecule has 0 bridgehead atoms. The zero-order valence-corrected chi connectivity index (χ0v) is 15.9. The molecule has 0 aliphatic carbocycles. The number of carbonyl (C=O) groups is 2. The summed E-state index contributed by atoms with van der Waals surface area (Å²) in [5.41, 5.74) is -0.959. The summed E-state index contributed by atoms with van der Waals surface area (Å²) < 4.78 is 9.82. The van der Waals surface area contributed by atoms with Crippen molar-refractivity contribution in [3.05, 3.63) is 23.9 Å². The molecule has 0 aromatic rings. The van der Waals surface area contributed by atoms with Crippen molar-refractivity contribution >= 4 is 11.8 Å². The number of aliphatic hydroxyl groups excluding tert-OH is 2. The average Bonchev–Trinajstić information content (AvgIpc) is 2.07. The molecule has 139 valence electrons. The Kier molecular flexibility index (Phi) is 12.8. The number of esters is 1. The fraction of sp³-hybridized carbons (Fsp3) is 0.625. The van der Waals surface area contributed by atoms with Gasteiger partial charge in [0.25, 0.3) is 5.95 Å². The predicted molar refractivity (Wildman–Crippen MR) is 84.5 cm³/mol. The maximum atomic E-state index is 10.8. The number of carbonyl (C=O) groups excluding carboxylic acids is 2. The number of hydrogen-bond acceptors (Lipinski definition) is 6. The summed E-state index contributed by atoms with van der Waals surface area (Å²) >= 11 is 0. The zero-order chi connectivity index (χ0) is 18.1. The van der Waals surface area contributed by atoms with Crippen molar-refractivity contribution in [1.82, 2.24) is 0 Å². The van der Waals surface area contributed by atoms with Gasteiger partial charge >= 0.3 is 5.97 Å². The minimum absolute atomic E-state index is 0. The molecule has 0 aliphatic rings.